The second-order valence-electron chi connectivity index (χ2n) is 6.22. The van der Waals surface area contributed by atoms with Crippen molar-refractivity contribution in [1.29, 1.82) is 0 Å². The molecule has 0 atom stereocenters. The highest BCUT2D eigenvalue weighted by molar-refractivity contribution is 5.77. The van der Waals surface area contributed by atoms with Crippen LogP contribution in [0.1, 0.15) is 18.1 Å². The molecule has 0 saturated carbocycles. The maximum Gasteiger partial charge on any atom is 0.258 e. The van der Waals surface area contributed by atoms with Crippen LogP contribution in [-0.4, -0.2) is 43.5 Å². The fourth-order valence-corrected chi connectivity index (χ4v) is 2.52. The molecule has 0 spiro atoms. The summed E-state index contributed by atoms with van der Waals surface area (Å²) in [6, 6.07) is 15.2. The van der Waals surface area contributed by atoms with Gasteiger partial charge in [-0.1, -0.05) is 42.0 Å². The van der Waals surface area contributed by atoms with Crippen molar-refractivity contribution >= 4 is 11.8 Å². The van der Waals surface area contributed by atoms with Gasteiger partial charge in [0.2, 0.25) is 5.91 Å². The number of carbonyl (C=O) groups excluding carboxylic acids is 2. The van der Waals surface area contributed by atoms with Gasteiger partial charge in [0.15, 0.2) is 18.1 Å². The topological polar surface area (TPSA) is 67.9 Å². The molecular formula is C21H26N2O4. The third-order valence-electron chi connectivity index (χ3n) is 4.07. The van der Waals surface area contributed by atoms with E-state index in [-0.39, 0.29) is 18.4 Å². The quantitative estimate of drug-likeness (QED) is 0.737. The lowest BCUT2D eigenvalue weighted by Crippen LogP contribution is -2.38. The van der Waals surface area contributed by atoms with E-state index in [1.807, 2.05) is 43.3 Å². The van der Waals surface area contributed by atoms with Crippen molar-refractivity contribution in [1.82, 2.24) is 10.2 Å². The lowest BCUT2D eigenvalue weighted by Gasteiger charge is -2.21. The number of nitrogens with one attached hydrogen (secondary N) is 1. The molecule has 2 aromatic carbocycles. The van der Waals surface area contributed by atoms with E-state index in [4.69, 9.17) is 9.47 Å². The van der Waals surface area contributed by atoms with Crippen LogP contribution in [0.15, 0.2) is 48.5 Å². The molecule has 27 heavy (non-hydrogen) atoms. The third kappa shape index (κ3) is 6.66. The Kier molecular flexibility index (Phi) is 7.67. The van der Waals surface area contributed by atoms with E-state index in [2.05, 4.69) is 5.32 Å². The molecule has 0 saturated heterocycles. The van der Waals surface area contributed by atoms with Gasteiger partial charge in [-0.05, 0) is 24.6 Å². The summed E-state index contributed by atoms with van der Waals surface area (Å²) in [7, 11) is 1.55. The Bertz CT molecular complexity index is 759. The van der Waals surface area contributed by atoms with Gasteiger partial charge >= 0.3 is 0 Å². The molecule has 0 aromatic heterocycles. The van der Waals surface area contributed by atoms with E-state index in [0.717, 1.165) is 5.56 Å². The van der Waals surface area contributed by atoms with Crippen molar-refractivity contribution in [3.63, 3.8) is 0 Å². The first-order valence-electron chi connectivity index (χ1n) is 8.83. The van der Waals surface area contributed by atoms with Crippen LogP contribution in [0.3, 0.4) is 0 Å². The monoisotopic (exact) mass is 370 g/mol. The highest BCUT2D eigenvalue weighted by atomic mass is 16.5. The number of carbonyl (C=O) groups is 2. The summed E-state index contributed by atoms with van der Waals surface area (Å²) in [5.41, 5.74) is 2.23. The molecule has 0 aliphatic rings. The molecule has 1 N–H and O–H groups in total. The maximum absolute atomic E-state index is 12.0. The van der Waals surface area contributed by atoms with E-state index in [1.54, 1.807) is 24.1 Å². The Hall–Kier alpha value is -3.02. The zero-order valence-corrected chi connectivity index (χ0v) is 16.0. The lowest BCUT2D eigenvalue weighted by molar-refractivity contribution is -0.130. The molecule has 0 aliphatic carbocycles. The predicted octanol–water partition coefficient (Wildman–Crippen LogP) is 2.55. The lowest BCUT2D eigenvalue weighted by atomic mass is 10.1. The van der Waals surface area contributed by atoms with Gasteiger partial charge in [-0.2, -0.15) is 0 Å². The second kappa shape index (κ2) is 10.2. The van der Waals surface area contributed by atoms with E-state index >= 15 is 0 Å². The average molecular weight is 370 g/mol. The average Bonchev–Trinajstić information content (AvgIpc) is 2.67. The minimum Gasteiger partial charge on any atom is -0.493 e. The summed E-state index contributed by atoms with van der Waals surface area (Å²) in [6.07, 6.45) is 0. The van der Waals surface area contributed by atoms with Crippen molar-refractivity contribution in [2.75, 3.05) is 26.8 Å². The van der Waals surface area contributed by atoms with Crippen LogP contribution in [0.4, 0.5) is 0 Å². The van der Waals surface area contributed by atoms with Gasteiger partial charge in [-0.25, -0.2) is 0 Å². The summed E-state index contributed by atoms with van der Waals surface area (Å²) in [6.45, 7) is 4.75. The minimum atomic E-state index is -0.250. The number of rotatable bonds is 9. The summed E-state index contributed by atoms with van der Waals surface area (Å²) < 4.78 is 10.7. The third-order valence-corrected chi connectivity index (χ3v) is 4.07. The molecule has 0 heterocycles. The Morgan fingerprint density at radius 3 is 2.33 bits per heavy atom. The van der Waals surface area contributed by atoms with Gasteiger partial charge in [0, 0.05) is 26.6 Å². The molecule has 2 amide bonds. The number of hydrogen-bond acceptors (Lipinski definition) is 4. The van der Waals surface area contributed by atoms with Crippen LogP contribution in [0.5, 0.6) is 11.5 Å². The fraction of sp³-hybridized carbons (Fsp3) is 0.333. The number of amides is 2. The predicted molar refractivity (Wildman–Crippen MR) is 104 cm³/mol. The van der Waals surface area contributed by atoms with Crippen molar-refractivity contribution in [2.24, 2.45) is 0 Å². The van der Waals surface area contributed by atoms with Crippen LogP contribution in [0.2, 0.25) is 0 Å². The van der Waals surface area contributed by atoms with Crippen LogP contribution in [0.25, 0.3) is 0 Å². The van der Waals surface area contributed by atoms with Gasteiger partial charge in [-0.3, -0.25) is 9.59 Å². The zero-order chi connectivity index (χ0) is 19.6. The first-order valence-corrected chi connectivity index (χ1v) is 8.83. The van der Waals surface area contributed by atoms with E-state index < -0.39 is 0 Å². The molecule has 0 unspecified atom stereocenters. The van der Waals surface area contributed by atoms with Gasteiger partial charge < -0.3 is 19.7 Å². The number of benzene rings is 2. The standard InChI is InChI=1S/C21H26N2O4/c1-16-8-10-18(11-9-16)14-23(17(2)24)13-12-22-21(25)15-27-20-7-5-4-6-19(20)26-3/h4-11H,12-15H2,1-3H3,(H,22,25). The Balaban J connectivity index is 1.77. The van der Waals surface area contributed by atoms with Gasteiger partial charge in [0.25, 0.3) is 5.91 Å². The fourth-order valence-electron chi connectivity index (χ4n) is 2.52. The number of hydrogen-bond donors (Lipinski definition) is 1. The van der Waals surface area contributed by atoms with Crippen molar-refractivity contribution in [3.8, 4) is 11.5 Å². The van der Waals surface area contributed by atoms with Crippen molar-refractivity contribution < 1.29 is 19.1 Å². The number of nitrogens with zero attached hydrogens (tertiary/aromatic N) is 1. The number of aryl methyl sites for hydroxylation is 1. The molecule has 0 fully saturated rings. The smallest absolute Gasteiger partial charge is 0.258 e. The molecule has 2 aromatic rings. The van der Waals surface area contributed by atoms with Gasteiger partial charge in [0.1, 0.15) is 0 Å². The number of ether oxygens (including phenoxy) is 2. The minimum absolute atomic E-state index is 0.0323. The summed E-state index contributed by atoms with van der Waals surface area (Å²) in [5.74, 6) is 0.806. The van der Waals surface area contributed by atoms with Crippen LogP contribution in [-0.2, 0) is 16.1 Å². The molecular weight excluding hydrogens is 344 g/mol. The van der Waals surface area contributed by atoms with E-state index in [1.165, 1.54) is 12.5 Å². The summed E-state index contributed by atoms with van der Waals surface area (Å²) in [5, 5.41) is 2.77. The number of para-hydroxylation sites is 2. The highest BCUT2D eigenvalue weighted by Gasteiger charge is 2.11. The SMILES string of the molecule is COc1ccccc1OCC(=O)NCCN(Cc1ccc(C)cc1)C(C)=O. The largest absolute Gasteiger partial charge is 0.493 e. The summed E-state index contributed by atoms with van der Waals surface area (Å²) in [4.78, 5) is 25.5. The first kappa shape index (κ1) is 20.3. The zero-order valence-electron chi connectivity index (χ0n) is 16.0. The molecule has 0 aliphatic heterocycles. The first-order chi connectivity index (χ1) is 13.0. The van der Waals surface area contributed by atoms with Gasteiger partial charge in [-0.15, -0.1) is 0 Å². The Morgan fingerprint density at radius 2 is 1.70 bits per heavy atom. The van der Waals surface area contributed by atoms with E-state index in [0.29, 0.717) is 31.1 Å². The molecule has 6 heteroatoms. The molecule has 0 bridgehead atoms. The molecule has 2 rings (SSSR count). The normalized spacial score (nSPS) is 10.2. The van der Waals surface area contributed by atoms with Crippen LogP contribution in [0, 0.1) is 6.92 Å². The van der Waals surface area contributed by atoms with Crippen molar-refractivity contribution in [2.45, 2.75) is 20.4 Å². The second-order valence-corrected chi connectivity index (χ2v) is 6.22. The number of methoxy groups -OCH3 is 1. The van der Waals surface area contributed by atoms with Gasteiger partial charge in [0.05, 0.1) is 7.11 Å². The molecule has 6 nitrogen and oxygen atoms in total. The van der Waals surface area contributed by atoms with E-state index in [9.17, 15) is 9.59 Å². The van der Waals surface area contributed by atoms with Crippen molar-refractivity contribution in [3.05, 3.63) is 59.7 Å². The van der Waals surface area contributed by atoms with Crippen LogP contribution < -0.4 is 14.8 Å². The maximum atomic E-state index is 12.0. The molecule has 144 valence electrons. The highest BCUT2D eigenvalue weighted by Crippen LogP contribution is 2.25. The Labute approximate surface area is 160 Å². The Morgan fingerprint density at radius 1 is 1.04 bits per heavy atom. The summed E-state index contributed by atoms with van der Waals surface area (Å²) >= 11 is 0. The van der Waals surface area contributed by atoms with Crippen LogP contribution >= 0.6 is 0 Å². The molecule has 0 radical (unpaired) electrons.